The maximum atomic E-state index is 6.00. The van der Waals surface area contributed by atoms with Gasteiger partial charge in [0.1, 0.15) is 5.75 Å². The summed E-state index contributed by atoms with van der Waals surface area (Å²) in [6, 6.07) is 14.0. The molecule has 0 bridgehead atoms. The molecule has 1 aliphatic carbocycles. The summed E-state index contributed by atoms with van der Waals surface area (Å²) in [5, 5.41) is 7.91. The van der Waals surface area contributed by atoms with E-state index in [2.05, 4.69) is 22.8 Å². The third-order valence-electron chi connectivity index (χ3n) is 4.05. The Balaban J connectivity index is 1.70. The molecule has 0 unspecified atom stereocenters. The Hall–Kier alpha value is -1.78. The van der Waals surface area contributed by atoms with Gasteiger partial charge >= 0.3 is 0 Å². The van der Waals surface area contributed by atoms with Crippen molar-refractivity contribution < 1.29 is 4.74 Å². The zero-order valence-corrected chi connectivity index (χ0v) is 14.5. The van der Waals surface area contributed by atoms with Crippen molar-refractivity contribution in [2.24, 2.45) is 0 Å². The minimum absolute atomic E-state index is 0.226. The molecule has 0 aromatic heterocycles. The van der Waals surface area contributed by atoms with Crippen molar-refractivity contribution in [3.63, 3.8) is 0 Å². The summed E-state index contributed by atoms with van der Waals surface area (Å²) >= 11 is 11.4. The van der Waals surface area contributed by atoms with Crippen LogP contribution in [0.15, 0.2) is 42.5 Å². The van der Waals surface area contributed by atoms with Gasteiger partial charge in [0.2, 0.25) is 0 Å². The highest BCUT2D eigenvalue weighted by molar-refractivity contribution is 7.80. The van der Waals surface area contributed by atoms with Crippen molar-refractivity contribution >= 4 is 34.6 Å². The third kappa shape index (κ3) is 3.95. The molecular weight excluding hydrogens is 328 g/mol. The predicted octanol–water partition coefficient (Wildman–Crippen LogP) is 4.71. The SMILES string of the molecule is COc1ccc2c(c1)CCC[C@@H]2NC(=S)Nc1cccc(Cl)c1. The molecule has 3 nitrogen and oxygen atoms in total. The number of methoxy groups -OCH3 is 1. The number of halogens is 1. The first kappa shape index (κ1) is 16.1. The standard InChI is InChI=1S/C18H19ClN2OS/c1-22-15-8-9-16-12(10-15)4-2-7-17(16)21-18(23)20-14-6-3-5-13(19)11-14/h3,5-6,8-11,17H,2,4,7H2,1H3,(H2,20,21,23)/t17-/m0/s1. The Morgan fingerprint density at radius 2 is 2.13 bits per heavy atom. The predicted molar refractivity (Wildman–Crippen MR) is 99.5 cm³/mol. The van der Waals surface area contributed by atoms with Crippen molar-refractivity contribution in [1.82, 2.24) is 5.32 Å². The van der Waals surface area contributed by atoms with Crippen LogP contribution in [0.3, 0.4) is 0 Å². The van der Waals surface area contributed by atoms with Gasteiger partial charge in [0.15, 0.2) is 5.11 Å². The van der Waals surface area contributed by atoms with Gasteiger partial charge in [-0.1, -0.05) is 23.7 Å². The number of ether oxygens (including phenoxy) is 1. The van der Waals surface area contributed by atoms with E-state index >= 15 is 0 Å². The summed E-state index contributed by atoms with van der Waals surface area (Å²) in [7, 11) is 1.70. The molecule has 0 fully saturated rings. The fourth-order valence-corrected chi connectivity index (χ4v) is 3.41. The number of aryl methyl sites for hydroxylation is 1. The van der Waals surface area contributed by atoms with Gasteiger partial charge in [-0.25, -0.2) is 0 Å². The zero-order chi connectivity index (χ0) is 16.2. The fraction of sp³-hybridized carbons (Fsp3) is 0.278. The van der Waals surface area contributed by atoms with Crippen LogP contribution in [0.5, 0.6) is 5.75 Å². The van der Waals surface area contributed by atoms with Crippen LogP contribution in [-0.4, -0.2) is 12.2 Å². The lowest BCUT2D eigenvalue weighted by Crippen LogP contribution is -2.34. The van der Waals surface area contributed by atoms with Crippen LogP contribution in [0, 0.1) is 0 Å². The number of benzene rings is 2. The normalized spacial score (nSPS) is 16.3. The molecule has 0 heterocycles. The monoisotopic (exact) mass is 346 g/mol. The molecule has 0 saturated heterocycles. The highest BCUT2D eigenvalue weighted by atomic mass is 35.5. The molecule has 0 aliphatic heterocycles. The van der Waals surface area contributed by atoms with Gasteiger partial charge in [-0.05, 0) is 72.9 Å². The Kier molecular flexibility index (Phi) is 5.03. The number of anilines is 1. The summed E-state index contributed by atoms with van der Waals surface area (Å²) in [6.45, 7) is 0. The molecule has 5 heteroatoms. The number of thiocarbonyl (C=S) groups is 1. The van der Waals surface area contributed by atoms with Gasteiger partial charge in [-0.2, -0.15) is 0 Å². The molecule has 0 radical (unpaired) electrons. The fourth-order valence-electron chi connectivity index (χ4n) is 2.96. The Bertz CT molecular complexity index is 720. The molecule has 3 rings (SSSR count). The van der Waals surface area contributed by atoms with E-state index in [0.717, 1.165) is 30.7 Å². The van der Waals surface area contributed by atoms with Crippen molar-refractivity contribution in [2.75, 3.05) is 12.4 Å². The molecule has 1 aliphatic rings. The van der Waals surface area contributed by atoms with E-state index in [1.165, 1.54) is 11.1 Å². The van der Waals surface area contributed by atoms with Crippen LogP contribution < -0.4 is 15.4 Å². The molecule has 1 atom stereocenters. The second-order valence-electron chi connectivity index (χ2n) is 5.62. The van der Waals surface area contributed by atoms with E-state index in [1.807, 2.05) is 30.3 Å². The van der Waals surface area contributed by atoms with E-state index in [9.17, 15) is 0 Å². The Labute approximate surface area is 147 Å². The van der Waals surface area contributed by atoms with Gasteiger partial charge in [-0.15, -0.1) is 0 Å². The van der Waals surface area contributed by atoms with Gasteiger partial charge in [-0.3, -0.25) is 0 Å². The lowest BCUT2D eigenvalue weighted by atomic mass is 9.87. The molecule has 0 saturated carbocycles. The summed E-state index contributed by atoms with van der Waals surface area (Å²) in [4.78, 5) is 0. The molecule has 2 N–H and O–H groups in total. The largest absolute Gasteiger partial charge is 0.497 e. The van der Waals surface area contributed by atoms with Crippen LogP contribution in [0.25, 0.3) is 0 Å². The van der Waals surface area contributed by atoms with Crippen LogP contribution in [0.2, 0.25) is 5.02 Å². The molecule has 23 heavy (non-hydrogen) atoms. The molecule has 0 spiro atoms. The maximum Gasteiger partial charge on any atom is 0.171 e. The molecular formula is C18H19ClN2OS. The average molecular weight is 347 g/mol. The van der Waals surface area contributed by atoms with Gasteiger partial charge in [0.25, 0.3) is 0 Å². The number of hydrogen-bond donors (Lipinski definition) is 2. The highest BCUT2D eigenvalue weighted by Crippen LogP contribution is 2.32. The summed E-state index contributed by atoms with van der Waals surface area (Å²) < 4.78 is 5.32. The summed E-state index contributed by atoms with van der Waals surface area (Å²) in [5.74, 6) is 0.907. The quantitative estimate of drug-likeness (QED) is 0.788. The lowest BCUT2D eigenvalue weighted by molar-refractivity contribution is 0.412. The molecule has 2 aromatic rings. The van der Waals surface area contributed by atoms with Gasteiger partial charge in [0, 0.05) is 10.7 Å². The van der Waals surface area contributed by atoms with E-state index in [1.54, 1.807) is 7.11 Å². The molecule has 0 amide bonds. The minimum Gasteiger partial charge on any atom is -0.497 e. The average Bonchev–Trinajstić information content (AvgIpc) is 2.54. The second-order valence-corrected chi connectivity index (χ2v) is 6.46. The van der Waals surface area contributed by atoms with Gasteiger partial charge in [0.05, 0.1) is 13.2 Å². The number of fused-ring (bicyclic) bond motifs is 1. The Morgan fingerprint density at radius 3 is 2.91 bits per heavy atom. The van der Waals surface area contributed by atoms with Crippen molar-refractivity contribution in [3.8, 4) is 5.75 Å². The smallest absolute Gasteiger partial charge is 0.171 e. The second kappa shape index (κ2) is 7.20. The molecule has 2 aromatic carbocycles. The van der Waals surface area contributed by atoms with Crippen molar-refractivity contribution in [3.05, 3.63) is 58.6 Å². The van der Waals surface area contributed by atoms with E-state index < -0.39 is 0 Å². The van der Waals surface area contributed by atoms with Crippen LogP contribution >= 0.6 is 23.8 Å². The lowest BCUT2D eigenvalue weighted by Gasteiger charge is -2.28. The first-order chi connectivity index (χ1) is 11.2. The molecule has 120 valence electrons. The van der Waals surface area contributed by atoms with E-state index in [-0.39, 0.29) is 6.04 Å². The van der Waals surface area contributed by atoms with Crippen LogP contribution in [0.4, 0.5) is 5.69 Å². The summed E-state index contributed by atoms with van der Waals surface area (Å²) in [5.41, 5.74) is 3.52. The first-order valence-electron chi connectivity index (χ1n) is 7.65. The number of nitrogens with one attached hydrogen (secondary N) is 2. The van der Waals surface area contributed by atoms with E-state index in [0.29, 0.717) is 10.1 Å². The van der Waals surface area contributed by atoms with Gasteiger partial charge < -0.3 is 15.4 Å². The van der Waals surface area contributed by atoms with Crippen molar-refractivity contribution in [2.45, 2.75) is 25.3 Å². The maximum absolute atomic E-state index is 6.00. The first-order valence-corrected chi connectivity index (χ1v) is 8.44. The van der Waals surface area contributed by atoms with Crippen LogP contribution in [-0.2, 0) is 6.42 Å². The Morgan fingerprint density at radius 1 is 1.26 bits per heavy atom. The number of rotatable bonds is 3. The highest BCUT2D eigenvalue weighted by Gasteiger charge is 2.21. The summed E-state index contributed by atoms with van der Waals surface area (Å²) in [6.07, 6.45) is 3.29. The van der Waals surface area contributed by atoms with Crippen molar-refractivity contribution in [1.29, 1.82) is 0 Å². The number of hydrogen-bond acceptors (Lipinski definition) is 2. The van der Waals surface area contributed by atoms with Crippen LogP contribution in [0.1, 0.15) is 30.0 Å². The van der Waals surface area contributed by atoms with E-state index in [4.69, 9.17) is 28.6 Å². The third-order valence-corrected chi connectivity index (χ3v) is 4.51. The zero-order valence-electron chi connectivity index (χ0n) is 12.9. The minimum atomic E-state index is 0.226. The topological polar surface area (TPSA) is 33.3 Å².